The fourth-order valence-corrected chi connectivity index (χ4v) is 0.759. The third kappa shape index (κ3) is 1.35. The molecule has 0 spiro atoms. The molecule has 0 fully saturated rings. The van der Waals surface area contributed by atoms with Crippen molar-refractivity contribution < 1.29 is 15.0 Å². The lowest BCUT2D eigenvalue weighted by atomic mass is 10.1. The second-order valence-electron chi connectivity index (χ2n) is 2.15. The van der Waals surface area contributed by atoms with Crippen molar-refractivity contribution in [2.24, 2.45) is 0 Å². The number of rotatable bonds is 1. The number of carbonyl (C=O) groups is 1. The number of aromatic carboxylic acids is 1. The van der Waals surface area contributed by atoms with Crippen LogP contribution in [0.25, 0.3) is 0 Å². The molecule has 0 aromatic heterocycles. The second kappa shape index (κ2) is 2.93. The number of nitrogens with zero attached hydrogens (tertiary/aromatic N) is 1. The van der Waals surface area contributed by atoms with Gasteiger partial charge < -0.3 is 10.2 Å². The van der Waals surface area contributed by atoms with Crippen LogP contribution >= 0.6 is 0 Å². The molecule has 0 atom stereocenters. The Morgan fingerprint density at radius 1 is 1.50 bits per heavy atom. The quantitative estimate of drug-likeness (QED) is 0.646. The molecule has 0 unspecified atom stereocenters. The van der Waals surface area contributed by atoms with E-state index in [1.54, 1.807) is 6.07 Å². The molecule has 4 heteroatoms. The zero-order chi connectivity index (χ0) is 9.14. The molecule has 0 saturated heterocycles. The molecule has 1 rings (SSSR count). The van der Waals surface area contributed by atoms with E-state index >= 15 is 0 Å². The molecule has 0 heterocycles. The summed E-state index contributed by atoms with van der Waals surface area (Å²) in [5, 5.41) is 25.9. The highest BCUT2D eigenvalue weighted by atomic mass is 16.4. The Bertz CT molecular complexity index is 365. The van der Waals surface area contributed by atoms with Crippen LogP contribution in [0.1, 0.15) is 15.9 Å². The van der Waals surface area contributed by atoms with E-state index in [1.165, 1.54) is 12.1 Å². The molecule has 1 aromatic rings. The molecule has 0 saturated carbocycles. The van der Waals surface area contributed by atoms with E-state index in [0.29, 0.717) is 0 Å². The fraction of sp³-hybridized carbons (Fsp3) is 0. The molecule has 2 N–H and O–H groups in total. The van der Waals surface area contributed by atoms with Gasteiger partial charge in [0.2, 0.25) is 0 Å². The van der Waals surface area contributed by atoms with Crippen molar-refractivity contribution in [2.75, 3.05) is 0 Å². The monoisotopic (exact) mass is 163 g/mol. The molecule has 0 amide bonds. The Labute approximate surface area is 68.3 Å². The Balaban J connectivity index is 3.25. The Kier molecular flexibility index (Phi) is 1.97. The molecule has 0 bridgehead atoms. The Morgan fingerprint density at radius 3 is 2.67 bits per heavy atom. The Morgan fingerprint density at radius 2 is 2.17 bits per heavy atom. The van der Waals surface area contributed by atoms with E-state index in [-0.39, 0.29) is 16.9 Å². The van der Waals surface area contributed by atoms with E-state index in [1.807, 2.05) is 0 Å². The number of phenolic OH excluding ortho intramolecular Hbond substituents is 1. The summed E-state index contributed by atoms with van der Waals surface area (Å²) >= 11 is 0. The predicted octanol–water partition coefficient (Wildman–Crippen LogP) is 0.962. The molecule has 60 valence electrons. The van der Waals surface area contributed by atoms with Crippen LogP contribution in [0.3, 0.4) is 0 Å². The van der Waals surface area contributed by atoms with E-state index in [0.717, 1.165) is 6.07 Å². The van der Waals surface area contributed by atoms with Gasteiger partial charge in [0.05, 0.1) is 11.1 Å². The van der Waals surface area contributed by atoms with Crippen LogP contribution in [0, 0.1) is 11.3 Å². The van der Waals surface area contributed by atoms with E-state index < -0.39 is 5.97 Å². The lowest BCUT2D eigenvalue weighted by molar-refractivity contribution is 0.0697. The van der Waals surface area contributed by atoms with Crippen molar-refractivity contribution in [3.8, 4) is 11.8 Å². The largest absolute Gasteiger partial charge is 0.507 e. The van der Waals surface area contributed by atoms with E-state index in [9.17, 15) is 4.79 Å². The first kappa shape index (κ1) is 8.08. The summed E-state index contributed by atoms with van der Waals surface area (Å²) < 4.78 is 0. The van der Waals surface area contributed by atoms with Crippen LogP contribution in [-0.4, -0.2) is 16.2 Å². The number of hydrogen-bond acceptors (Lipinski definition) is 3. The number of hydrogen-bond donors (Lipinski definition) is 2. The van der Waals surface area contributed by atoms with Crippen molar-refractivity contribution in [1.82, 2.24) is 0 Å². The summed E-state index contributed by atoms with van der Waals surface area (Å²) in [6.07, 6.45) is 0. The highest BCUT2D eigenvalue weighted by Crippen LogP contribution is 2.16. The predicted molar refractivity (Wildman–Crippen MR) is 39.8 cm³/mol. The van der Waals surface area contributed by atoms with Crippen molar-refractivity contribution in [3.63, 3.8) is 0 Å². The van der Waals surface area contributed by atoms with Crippen LogP contribution in [0.5, 0.6) is 5.75 Å². The maximum atomic E-state index is 10.4. The number of benzene rings is 1. The minimum Gasteiger partial charge on any atom is -0.507 e. The van der Waals surface area contributed by atoms with Gasteiger partial charge in [0, 0.05) is 0 Å². The first-order valence-corrected chi connectivity index (χ1v) is 3.11. The standard InChI is InChI=1S/C8H5NO3/c9-4-6-3-5(8(11)12)1-2-7(6)10/h1-3,10H,(H,11,12). The molecule has 1 aromatic carbocycles. The minimum absolute atomic E-state index is 0.00986. The number of carboxylic acids is 1. The lowest BCUT2D eigenvalue weighted by Gasteiger charge is -1.96. The number of nitriles is 1. The first-order valence-electron chi connectivity index (χ1n) is 3.11. The van der Waals surface area contributed by atoms with Gasteiger partial charge in [0.25, 0.3) is 0 Å². The van der Waals surface area contributed by atoms with Crippen LogP contribution in [0.2, 0.25) is 0 Å². The number of aromatic hydroxyl groups is 1. The third-order valence-corrected chi connectivity index (χ3v) is 1.36. The van der Waals surface area contributed by atoms with Gasteiger partial charge >= 0.3 is 5.97 Å². The fourth-order valence-electron chi connectivity index (χ4n) is 0.759. The van der Waals surface area contributed by atoms with Gasteiger partial charge in [-0.2, -0.15) is 5.26 Å². The molecule has 12 heavy (non-hydrogen) atoms. The molecule has 0 aliphatic rings. The molecular formula is C8H5NO3. The summed E-state index contributed by atoms with van der Waals surface area (Å²) in [7, 11) is 0. The zero-order valence-corrected chi connectivity index (χ0v) is 5.98. The van der Waals surface area contributed by atoms with Gasteiger partial charge in [-0.25, -0.2) is 4.79 Å². The van der Waals surface area contributed by atoms with Crippen LogP contribution in [0.4, 0.5) is 0 Å². The van der Waals surface area contributed by atoms with Crippen LogP contribution in [-0.2, 0) is 0 Å². The topological polar surface area (TPSA) is 81.3 Å². The molecule has 0 aliphatic heterocycles. The van der Waals surface area contributed by atoms with E-state index in [4.69, 9.17) is 15.5 Å². The van der Waals surface area contributed by atoms with Gasteiger partial charge in [0.1, 0.15) is 11.8 Å². The second-order valence-corrected chi connectivity index (χ2v) is 2.15. The summed E-state index contributed by atoms with van der Waals surface area (Å²) in [5.74, 6) is -1.32. The zero-order valence-electron chi connectivity index (χ0n) is 5.98. The van der Waals surface area contributed by atoms with Crippen molar-refractivity contribution in [1.29, 1.82) is 5.26 Å². The van der Waals surface area contributed by atoms with Crippen molar-refractivity contribution >= 4 is 5.97 Å². The van der Waals surface area contributed by atoms with Gasteiger partial charge in [-0.05, 0) is 18.2 Å². The summed E-state index contributed by atoms with van der Waals surface area (Å²) in [5.41, 5.74) is -0.0424. The average molecular weight is 163 g/mol. The van der Waals surface area contributed by atoms with Crippen molar-refractivity contribution in [2.45, 2.75) is 0 Å². The van der Waals surface area contributed by atoms with Gasteiger partial charge in [-0.15, -0.1) is 0 Å². The van der Waals surface area contributed by atoms with Gasteiger partial charge in [0.15, 0.2) is 0 Å². The maximum absolute atomic E-state index is 10.4. The first-order chi connectivity index (χ1) is 5.65. The van der Waals surface area contributed by atoms with Gasteiger partial charge in [-0.1, -0.05) is 0 Å². The van der Waals surface area contributed by atoms with E-state index in [2.05, 4.69) is 0 Å². The molecule has 4 nitrogen and oxygen atoms in total. The van der Waals surface area contributed by atoms with Crippen LogP contribution in [0.15, 0.2) is 18.2 Å². The number of phenols is 1. The molecule has 0 radical (unpaired) electrons. The Hall–Kier alpha value is -2.02. The summed E-state index contributed by atoms with van der Waals surface area (Å²) in [6.45, 7) is 0. The normalized spacial score (nSPS) is 8.92. The van der Waals surface area contributed by atoms with Crippen molar-refractivity contribution in [3.05, 3.63) is 29.3 Å². The lowest BCUT2D eigenvalue weighted by Crippen LogP contribution is -1.95. The third-order valence-electron chi connectivity index (χ3n) is 1.36. The SMILES string of the molecule is N#Cc1cc(C(=O)O)ccc1O. The number of carboxylic acid groups (broad SMARTS) is 1. The summed E-state index contributed by atoms with van der Waals surface area (Å²) in [4.78, 5) is 10.4. The summed E-state index contributed by atoms with van der Waals surface area (Å²) in [6, 6.07) is 5.22. The highest BCUT2D eigenvalue weighted by Gasteiger charge is 2.06. The van der Waals surface area contributed by atoms with Crippen LogP contribution < -0.4 is 0 Å². The average Bonchev–Trinajstić information content (AvgIpc) is 2.05. The smallest absolute Gasteiger partial charge is 0.335 e. The molecule has 0 aliphatic carbocycles. The highest BCUT2D eigenvalue weighted by molar-refractivity contribution is 5.88. The van der Waals surface area contributed by atoms with Gasteiger partial charge in [-0.3, -0.25) is 0 Å². The maximum Gasteiger partial charge on any atom is 0.335 e. The molecular weight excluding hydrogens is 158 g/mol. The minimum atomic E-state index is -1.12.